The molecule has 0 aliphatic carbocycles. The molecule has 0 radical (unpaired) electrons. The first-order valence-corrected chi connectivity index (χ1v) is 3.49. The average molecular weight is 162 g/mol. The first-order chi connectivity index (χ1) is 5.74. The molecule has 0 atom stereocenters. The minimum absolute atomic E-state index is 0.175. The minimum atomic E-state index is 0.175. The summed E-state index contributed by atoms with van der Waals surface area (Å²) in [6, 6.07) is 6.60. The molecule has 0 saturated carbocycles. The fourth-order valence-electron chi connectivity index (χ4n) is 0.871. The Kier molecular flexibility index (Phi) is 2.48. The fourth-order valence-corrected chi connectivity index (χ4v) is 0.871. The topological polar surface area (TPSA) is 70.1 Å². The van der Waals surface area contributed by atoms with E-state index >= 15 is 0 Å². The molecule has 1 aromatic rings. The Morgan fingerprint density at radius 1 is 1.50 bits per heavy atom. The van der Waals surface area contributed by atoms with Crippen molar-refractivity contribution in [3.8, 4) is 5.75 Å². The smallest absolute Gasteiger partial charge is 0.116 e. The van der Waals surface area contributed by atoms with Gasteiger partial charge < -0.3 is 16.2 Å². The first-order valence-electron chi connectivity index (χ1n) is 3.49. The summed E-state index contributed by atoms with van der Waals surface area (Å²) in [5.74, 6) is 0.175. The van der Waals surface area contributed by atoms with Crippen molar-refractivity contribution in [3.05, 3.63) is 35.9 Å². The molecule has 12 heavy (non-hydrogen) atoms. The molecular formula is C9H10N2O. The summed E-state index contributed by atoms with van der Waals surface area (Å²) in [7, 11) is 0. The minimum Gasteiger partial charge on any atom is -0.508 e. The Morgan fingerprint density at radius 3 is 2.83 bits per heavy atom. The van der Waals surface area contributed by atoms with Crippen LogP contribution in [-0.4, -0.2) is 11.3 Å². The van der Waals surface area contributed by atoms with Gasteiger partial charge in [-0.1, -0.05) is 12.1 Å². The zero-order valence-electron chi connectivity index (χ0n) is 6.49. The van der Waals surface area contributed by atoms with E-state index in [4.69, 9.17) is 16.2 Å². The molecule has 1 aromatic carbocycles. The number of allylic oxidation sites excluding steroid dienone is 1. The van der Waals surface area contributed by atoms with Crippen LogP contribution in [0.15, 0.2) is 30.3 Å². The second-order valence-corrected chi connectivity index (χ2v) is 2.34. The zero-order valence-corrected chi connectivity index (χ0v) is 6.49. The van der Waals surface area contributed by atoms with E-state index in [1.165, 1.54) is 6.08 Å². The van der Waals surface area contributed by atoms with Gasteiger partial charge in [-0.3, -0.25) is 0 Å². The third-order valence-electron chi connectivity index (χ3n) is 1.44. The number of phenols is 1. The Bertz CT molecular complexity index is 318. The average Bonchev–Trinajstić information content (AvgIpc) is 2.05. The summed E-state index contributed by atoms with van der Waals surface area (Å²) in [6.07, 6.45) is 2.58. The van der Waals surface area contributed by atoms with Crippen molar-refractivity contribution in [1.29, 1.82) is 5.41 Å². The molecule has 3 heteroatoms. The highest BCUT2D eigenvalue weighted by Gasteiger charge is 1.95. The normalized spacial score (nSPS) is 11.2. The van der Waals surface area contributed by atoms with Gasteiger partial charge in [0.15, 0.2) is 0 Å². The fraction of sp³-hybridized carbons (Fsp3) is 0. The molecule has 0 spiro atoms. The molecule has 3 nitrogen and oxygen atoms in total. The zero-order chi connectivity index (χ0) is 8.97. The van der Waals surface area contributed by atoms with Crippen molar-refractivity contribution in [3.63, 3.8) is 0 Å². The predicted octanol–water partition coefficient (Wildman–Crippen LogP) is 1.34. The predicted molar refractivity (Wildman–Crippen MR) is 49.1 cm³/mol. The number of hydrogen-bond donors (Lipinski definition) is 3. The highest BCUT2D eigenvalue weighted by Crippen LogP contribution is 2.14. The van der Waals surface area contributed by atoms with Crippen molar-refractivity contribution >= 4 is 11.9 Å². The van der Waals surface area contributed by atoms with Gasteiger partial charge in [0.1, 0.15) is 5.75 Å². The summed E-state index contributed by atoms with van der Waals surface area (Å²) < 4.78 is 0. The Morgan fingerprint density at radius 2 is 2.25 bits per heavy atom. The van der Waals surface area contributed by atoms with E-state index in [1.807, 2.05) is 0 Å². The van der Waals surface area contributed by atoms with Gasteiger partial charge in [0, 0.05) is 17.5 Å². The summed E-state index contributed by atoms with van der Waals surface area (Å²) >= 11 is 0. The highest BCUT2D eigenvalue weighted by molar-refractivity contribution is 5.81. The van der Waals surface area contributed by atoms with Crippen LogP contribution >= 0.6 is 0 Å². The lowest BCUT2D eigenvalue weighted by atomic mass is 10.1. The standard InChI is InChI=1S/C9H10N2O/c10-5-4-9(11)7-2-1-3-8(12)6-7/h1-6,10,12H,11H2/b9-4-,10-5?. The van der Waals surface area contributed by atoms with Crippen LogP contribution in [0.1, 0.15) is 5.56 Å². The van der Waals surface area contributed by atoms with Crippen LogP contribution in [0.3, 0.4) is 0 Å². The number of benzene rings is 1. The summed E-state index contributed by atoms with van der Waals surface area (Å²) in [4.78, 5) is 0. The molecule has 4 N–H and O–H groups in total. The maximum atomic E-state index is 9.09. The van der Waals surface area contributed by atoms with Crippen LogP contribution in [0, 0.1) is 5.41 Å². The Labute approximate surface area is 70.7 Å². The van der Waals surface area contributed by atoms with E-state index in [2.05, 4.69) is 0 Å². The molecule has 1 rings (SSSR count). The van der Waals surface area contributed by atoms with Crippen LogP contribution in [0.5, 0.6) is 5.75 Å². The lowest BCUT2D eigenvalue weighted by molar-refractivity contribution is 0.475. The molecule has 0 unspecified atom stereocenters. The number of aromatic hydroxyl groups is 1. The summed E-state index contributed by atoms with van der Waals surface area (Å²) in [5.41, 5.74) is 6.77. The van der Waals surface area contributed by atoms with Crippen LogP contribution in [0.2, 0.25) is 0 Å². The van der Waals surface area contributed by atoms with E-state index in [1.54, 1.807) is 24.3 Å². The van der Waals surface area contributed by atoms with Crippen molar-refractivity contribution in [2.24, 2.45) is 5.73 Å². The van der Waals surface area contributed by atoms with Gasteiger partial charge in [-0.15, -0.1) is 0 Å². The lowest BCUT2D eigenvalue weighted by Gasteiger charge is -1.99. The number of hydrogen-bond acceptors (Lipinski definition) is 3. The second-order valence-electron chi connectivity index (χ2n) is 2.34. The van der Waals surface area contributed by atoms with Gasteiger partial charge in [0.25, 0.3) is 0 Å². The lowest BCUT2D eigenvalue weighted by Crippen LogP contribution is -1.95. The van der Waals surface area contributed by atoms with E-state index in [-0.39, 0.29) is 5.75 Å². The summed E-state index contributed by atoms with van der Waals surface area (Å²) in [5, 5.41) is 15.9. The number of phenolic OH excluding ortho intramolecular Hbond substituents is 1. The molecule has 0 heterocycles. The maximum absolute atomic E-state index is 9.09. The molecule has 0 fully saturated rings. The van der Waals surface area contributed by atoms with E-state index in [9.17, 15) is 0 Å². The van der Waals surface area contributed by atoms with E-state index in [0.717, 1.165) is 11.8 Å². The monoisotopic (exact) mass is 162 g/mol. The van der Waals surface area contributed by atoms with Gasteiger partial charge in [0.2, 0.25) is 0 Å². The van der Waals surface area contributed by atoms with Crippen molar-refractivity contribution in [2.75, 3.05) is 0 Å². The maximum Gasteiger partial charge on any atom is 0.116 e. The highest BCUT2D eigenvalue weighted by atomic mass is 16.3. The van der Waals surface area contributed by atoms with Crippen molar-refractivity contribution in [1.82, 2.24) is 0 Å². The quantitative estimate of drug-likeness (QED) is 0.574. The Balaban J connectivity index is 3.03. The van der Waals surface area contributed by atoms with Gasteiger partial charge >= 0.3 is 0 Å². The van der Waals surface area contributed by atoms with Crippen molar-refractivity contribution < 1.29 is 5.11 Å². The molecule has 62 valence electrons. The molecule has 0 bridgehead atoms. The van der Waals surface area contributed by atoms with Crippen molar-refractivity contribution in [2.45, 2.75) is 0 Å². The third-order valence-corrected chi connectivity index (χ3v) is 1.44. The molecule has 0 aliphatic rings. The molecule has 0 amide bonds. The molecule has 0 saturated heterocycles. The van der Waals surface area contributed by atoms with Crippen LogP contribution in [0.25, 0.3) is 5.70 Å². The van der Waals surface area contributed by atoms with Gasteiger partial charge in [-0.25, -0.2) is 0 Å². The SMILES string of the molecule is N=C/C=C(\N)c1cccc(O)c1. The first kappa shape index (κ1) is 8.33. The largest absolute Gasteiger partial charge is 0.508 e. The van der Waals surface area contributed by atoms with Gasteiger partial charge in [0.05, 0.1) is 0 Å². The number of nitrogens with one attached hydrogen (secondary N) is 1. The van der Waals surface area contributed by atoms with Gasteiger partial charge in [-0.2, -0.15) is 0 Å². The third kappa shape index (κ3) is 1.85. The summed E-state index contributed by atoms with van der Waals surface area (Å²) in [6.45, 7) is 0. The van der Waals surface area contributed by atoms with E-state index < -0.39 is 0 Å². The second kappa shape index (κ2) is 3.57. The Hall–Kier alpha value is -1.77. The number of nitrogens with two attached hydrogens (primary N) is 1. The van der Waals surface area contributed by atoms with Crippen LogP contribution in [0.4, 0.5) is 0 Å². The number of rotatable bonds is 2. The van der Waals surface area contributed by atoms with Crippen LogP contribution in [-0.2, 0) is 0 Å². The van der Waals surface area contributed by atoms with E-state index in [0.29, 0.717) is 5.70 Å². The van der Waals surface area contributed by atoms with Crippen LogP contribution < -0.4 is 5.73 Å². The van der Waals surface area contributed by atoms with Gasteiger partial charge in [-0.05, 0) is 18.2 Å². The molecule has 0 aromatic heterocycles. The molecular weight excluding hydrogens is 152 g/mol. The molecule has 0 aliphatic heterocycles.